The molecule has 0 unspecified atom stereocenters. The van der Waals surface area contributed by atoms with Crippen LogP contribution in [-0.4, -0.2) is 24.4 Å². The van der Waals surface area contributed by atoms with Gasteiger partial charge in [0.15, 0.2) is 17.2 Å². The molecule has 0 N–H and O–H groups in total. The van der Waals surface area contributed by atoms with Gasteiger partial charge in [-0.15, -0.1) is 0 Å². The summed E-state index contributed by atoms with van der Waals surface area (Å²) in [6.45, 7) is 3.47. The van der Waals surface area contributed by atoms with E-state index in [4.69, 9.17) is 14.2 Å². The molecule has 0 bridgehead atoms. The molecule has 7 heteroatoms. The Morgan fingerprint density at radius 3 is 2.74 bits per heavy atom. The summed E-state index contributed by atoms with van der Waals surface area (Å²) in [6, 6.07) is 10.5. The summed E-state index contributed by atoms with van der Waals surface area (Å²) in [5.41, 5.74) is 1.04. The molecule has 1 aliphatic rings. The van der Waals surface area contributed by atoms with Crippen LogP contribution >= 0.6 is 0 Å². The minimum atomic E-state index is -0.642. The summed E-state index contributed by atoms with van der Waals surface area (Å²) in [4.78, 5) is 27.4. The van der Waals surface area contributed by atoms with Gasteiger partial charge in [-0.3, -0.25) is 4.79 Å². The van der Waals surface area contributed by atoms with Gasteiger partial charge in [0.2, 0.25) is 5.90 Å². The lowest BCUT2D eigenvalue weighted by molar-refractivity contribution is -0.132. The number of halogens is 1. The third kappa shape index (κ3) is 4.38. The smallest absolute Gasteiger partial charge is 0.363 e. The van der Waals surface area contributed by atoms with Crippen LogP contribution < -0.4 is 9.47 Å². The summed E-state index contributed by atoms with van der Waals surface area (Å²) in [5, 5.41) is 0. The maximum Gasteiger partial charge on any atom is 0.363 e. The molecule has 0 fully saturated rings. The third-order valence-electron chi connectivity index (χ3n) is 3.52. The van der Waals surface area contributed by atoms with Gasteiger partial charge in [0.05, 0.1) is 6.61 Å². The van der Waals surface area contributed by atoms with Crippen molar-refractivity contribution in [2.24, 2.45) is 4.99 Å². The standard InChI is InChI=1S/C20H16FNO5/c1-3-25-18-10-13(7-8-17(18)26-12(2)23)9-16-20(24)27-19(22-16)14-5-4-6-15(21)11-14/h4-11H,3H2,1-2H3/b16-9-. The number of esters is 2. The van der Waals surface area contributed by atoms with Gasteiger partial charge in [-0.25, -0.2) is 14.2 Å². The Hall–Kier alpha value is -3.48. The van der Waals surface area contributed by atoms with E-state index in [1.54, 1.807) is 31.2 Å². The van der Waals surface area contributed by atoms with E-state index in [9.17, 15) is 14.0 Å². The molecule has 1 heterocycles. The van der Waals surface area contributed by atoms with Crippen molar-refractivity contribution in [3.63, 3.8) is 0 Å². The minimum absolute atomic E-state index is 0.0346. The molecular formula is C20H16FNO5. The SMILES string of the molecule is CCOc1cc(/C=C2\N=C(c3cccc(F)c3)OC2=O)ccc1OC(C)=O. The number of aliphatic imine (C=N–C) groups is 1. The van der Waals surface area contributed by atoms with Crippen molar-refractivity contribution >= 4 is 23.9 Å². The monoisotopic (exact) mass is 369 g/mol. The Balaban J connectivity index is 1.92. The number of cyclic esters (lactones) is 1. The number of ether oxygens (including phenoxy) is 3. The van der Waals surface area contributed by atoms with E-state index in [-0.39, 0.29) is 17.3 Å². The molecule has 0 atom stereocenters. The largest absolute Gasteiger partial charge is 0.490 e. The van der Waals surface area contributed by atoms with E-state index < -0.39 is 17.8 Å². The summed E-state index contributed by atoms with van der Waals surface area (Å²) in [5.74, 6) is -0.882. The van der Waals surface area contributed by atoms with E-state index in [1.807, 2.05) is 0 Å². The zero-order valence-electron chi connectivity index (χ0n) is 14.7. The molecule has 0 aliphatic carbocycles. The number of nitrogens with zero attached hydrogens (tertiary/aromatic N) is 1. The average Bonchev–Trinajstić information content (AvgIpc) is 2.98. The van der Waals surface area contributed by atoms with Gasteiger partial charge < -0.3 is 14.2 Å². The Morgan fingerprint density at radius 1 is 1.22 bits per heavy atom. The molecule has 0 amide bonds. The highest BCUT2D eigenvalue weighted by molar-refractivity contribution is 6.12. The zero-order chi connectivity index (χ0) is 19.4. The van der Waals surface area contributed by atoms with Gasteiger partial charge >= 0.3 is 11.9 Å². The van der Waals surface area contributed by atoms with E-state index >= 15 is 0 Å². The van der Waals surface area contributed by atoms with Crippen LogP contribution in [-0.2, 0) is 14.3 Å². The second-order valence-electron chi connectivity index (χ2n) is 5.58. The predicted octanol–water partition coefficient (Wildman–Crippen LogP) is 3.49. The van der Waals surface area contributed by atoms with Crippen LogP contribution in [0, 0.1) is 5.82 Å². The predicted molar refractivity (Wildman–Crippen MR) is 95.9 cm³/mol. The van der Waals surface area contributed by atoms with Crippen LogP contribution in [0.3, 0.4) is 0 Å². The van der Waals surface area contributed by atoms with Crippen LogP contribution in [0.15, 0.2) is 53.2 Å². The van der Waals surface area contributed by atoms with E-state index in [2.05, 4.69) is 4.99 Å². The van der Waals surface area contributed by atoms with Gasteiger partial charge in [-0.2, -0.15) is 0 Å². The highest BCUT2D eigenvalue weighted by Crippen LogP contribution is 2.30. The second kappa shape index (κ2) is 7.82. The second-order valence-corrected chi connectivity index (χ2v) is 5.58. The number of hydrogen-bond acceptors (Lipinski definition) is 6. The van der Waals surface area contributed by atoms with Gasteiger partial charge in [0.25, 0.3) is 0 Å². The molecule has 0 saturated heterocycles. The molecule has 0 aromatic heterocycles. The fourth-order valence-corrected chi connectivity index (χ4v) is 2.43. The highest BCUT2D eigenvalue weighted by Gasteiger charge is 2.24. The van der Waals surface area contributed by atoms with Crippen molar-refractivity contribution in [3.8, 4) is 11.5 Å². The number of hydrogen-bond donors (Lipinski definition) is 0. The molecule has 2 aromatic rings. The number of carbonyl (C=O) groups is 2. The van der Waals surface area contributed by atoms with Gasteiger partial charge in [0, 0.05) is 12.5 Å². The molecule has 0 saturated carbocycles. The molecule has 2 aromatic carbocycles. The number of rotatable bonds is 5. The topological polar surface area (TPSA) is 74.2 Å². The molecule has 27 heavy (non-hydrogen) atoms. The van der Waals surface area contributed by atoms with Crippen molar-refractivity contribution in [1.29, 1.82) is 0 Å². The van der Waals surface area contributed by atoms with Crippen LogP contribution in [0.25, 0.3) is 6.08 Å². The first-order valence-corrected chi connectivity index (χ1v) is 8.20. The van der Waals surface area contributed by atoms with Crippen molar-refractivity contribution in [1.82, 2.24) is 0 Å². The van der Waals surface area contributed by atoms with Crippen molar-refractivity contribution in [3.05, 3.63) is 65.1 Å². The third-order valence-corrected chi connectivity index (χ3v) is 3.52. The fraction of sp³-hybridized carbons (Fsp3) is 0.150. The average molecular weight is 369 g/mol. The van der Waals surface area contributed by atoms with Crippen LogP contribution in [0.2, 0.25) is 0 Å². The summed E-state index contributed by atoms with van der Waals surface area (Å²) >= 11 is 0. The molecule has 0 radical (unpaired) electrons. The Labute approximate surface area is 154 Å². The lowest BCUT2D eigenvalue weighted by Gasteiger charge is -2.10. The maximum atomic E-state index is 13.3. The van der Waals surface area contributed by atoms with E-state index in [1.165, 1.54) is 31.2 Å². The minimum Gasteiger partial charge on any atom is -0.490 e. The molecular weight excluding hydrogens is 353 g/mol. The van der Waals surface area contributed by atoms with Crippen LogP contribution in [0.5, 0.6) is 11.5 Å². The highest BCUT2D eigenvalue weighted by atomic mass is 19.1. The summed E-state index contributed by atoms with van der Waals surface area (Å²) < 4.78 is 29.0. The first-order valence-electron chi connectivity index (χ1n) is 8.20. The number of benzene rings is 2. The van der Waals surface area contributed by atoms with E-state index in [0.717, 1.165) is 0 Å². The summed E-state index contributed by atoms with van der Waals surface area (Å²) in [7, 11) is 0. The fourth-order valence-electron chi connectivity index (χ4n) is 2.43. The molecule has 3 rings (SSSR count). The lowest BCUT2D eigenvalue weighted by atomic mass is 10.1. The first-order chi connectivity index (χ1) is 13.0. The Kier molecular flexibility index (Phi) is 5.30. The maximum absolute atomic E-state index is 13.3. The molecule has 1 aliphatic heterocycles. The van der Waals surface area contributed by atoms with Gasteiger partial charge in [-0.05, 0) is 48.9 Å². The van der Waals surface area contributed by atoms with Gasteiger partial charge in [-0.1, -0.05) is 12.1 Å². The van der Waals surface area contributed by atoms with Crippen molar-refractivity contribution in [2.75, 3.05) is 6.61 Å². The van der Waals surface area contributed by atoms with E-state index in [0.29, 0.717) is 23.5 Å². The Morgan fingerprint density at radius 2 is 2.04 bits per heavy atom. The normalized spacial score (nSPS) is 14.7. The molecule has 0 spiro atoms. The van der Waals surface area contributed by atoms with Crippen molar-refractivity contribution in [2.45, 2.75) is 13.8 Å². The zero-order valence-corrected chi connectivity index (χ0v) is 14.7. The summed E-state index contributed by atoms with van der Waals surface area (Å²) in [6.07, 6.45) is 1.51. The molecule has 138 valence electrons. The van der Waals surface area contributed by atoms with Crippen LogP contribution in [0.4, 0.5) is 4.39 Å². The lowest BCUT2D eigenvalue weighted by Crippen LogP contribution is -2.05. The first kappa shape index (κ1) is 18.3. The van der Waals surface area contributed by atoms with Crippen molar-refractivity contribution < 1.29 is 28.2 Å². The number of carbonyl (C=O) groups excluding carboxylic acids is 2. The van der Waals surface area contributed by atoms with Crippen LogP contribution in [0.1, 0.15) is 25.0 Å². The van der Waals surface area contributed by atoms with Gasteiger partial charge in [0.1, 0.15) is 5.82 Å². The Bertz CT molecular complexity index is 965. The quantitative estimate of drug-likeness (QED) is 0.458. The molecule has 6 nitrogen and oxygen atoms in total.